The number of nitrogens with one attached hydrogen (secondary N) is 1. The molecule has 2 aliphatic carbocycles. The normalized spacial score (nSPS) is 30.4. The lowest BCUT2D eigenvalue weighted by molar-refractivity contribution is -0.124. The SMILES string of the molecule is O=C1C[C@@]2(CC[C@@H]3[C@@H](C(=O)NCCc4ccncc4)[C@@H]32)Oc2ccccc21. The van der Waals surface area contributed by atoms with Crippen molar-refractivity contribution in [3.05, 3.63) is 59.9 Å². The van der Waals surface area contributed by atoms with Gasteiger partial charge in [0.2, 0.25) is 5.91 Å². The molecule has 5 rings (SSSR count). The standard InChI is InChI=1S/C22H22N2O3/c25-17-13-22(27-18-4-2-1-3-15(17)18)9-5-16-19(20(16)22)21(26)24-12-8-14-6-10-23-11-7-14/h1-4,6-7,10-11,16,19-20H,5,8-9,12-13H2,(H,24,26)/t16-,19-,20-,22-/m1/s1. The quantitative estimate of drug-likeness (QED) is 0.908. The molecule has 2 saturated carbocycles. The number of carbonyl (C=O) groups is 2. The molecular weight excluding hydrogens is 340 g/mol. The van der Waals surface area contributed by atoms with Gasteiger partial charge in [0, 0.05) is 30.8 Å². The number of amides is 1. The molecule has 0 bridgehead atoms. The number of ketones is 1. The number of hydrogen-bond acceptors (Lipinski definition) is 4. The Hall–Kier alpha value is -2.69. The molecule has 27 heavy (non-hydrogen) atoms. The summed E-state index contributed by atoms with van der Waals surface area (Å²) in [6, 6.07) is 11.4. The minimum absolute atomic E-state index is 0.0192. The molecule has 2 heterocycles. The van der Waals surface area contributed by atoms with Gasteiger partial charge in [-0.05, 0) is 55.0 Å². The summed E-state index contributed by atoms with van der Waals surface area (Å²) in [4.78, 5) is 29.3. The highest BCUT2D eigenvalue weighted by molar-refractivity contribution is 6.00. The highest BCUT2D eigenvalue weighted by Crippen LogP contribution is 2.65. The Morgan fingerprint density at radius 1 is 1.22 bits per heavy atom. The number of nitrogens with zero attached hydrogens (tertiary/aromatic N) is 1. The summed E-state index contributed by atoms with van der Waals surface area (Å²) in [5, 5.41) is 3.07. The molecular formula is C22H22N2O3. The van der Waals surface area contributed by atoms with Gasteiger partial charge in [0.25, 0.3) is 0 Å². The molecule has 1 N–H and O–H groups in total. The van der Waals surface area contributed by atoms with Crippen LogP contribution in [0.15, 0.2) is 48.8 Å². The molecule has 3 aliphatic rings. The molecule has 1 aromatic carbocycles. The van der Waals surface area contributed by atoms with E-state index in [4.69, 9.17) is 4.74 Å². The van der Waals surface area contributed by atoms with Gasteiger partial charge < -0.3 is 10.1 Å². The summed E-state index contributed by atoms with van der Waals surface area (Å²) < 4.78 is 6.35. The number of aromatic nitrogens is 1. The molecule has 138 valence electrons. The number of Topliss-reactive ketones (excluding diaryl/α,β-unsaturated/α-hetero) is 1. The maximum Gasteiger partial charge on any atom is 0.223 e. The second-order valence-electron chi connectivity index (χ2n) is 7.91. The van der Waals surface area contributed by atoms with E-state index in [2.05, 4.69) is 10.3 Å². The van der Waals surface area contributed by atoms with Gasteiger partial charge in [-0.25, -0.2) is 0 Å². The molecule has 2 fully saturated rings. The van der Waals surface area contributed by atoms with Crippen LogP contribution >= 0.6 is 0 Å². The molecule has 1 aromatic heterocycles. The van der Waals surface area contributed by atoms with Crippen LogP contribution in [0.2, 0.25) is 0 Å². The lowest BCUT2D eigenvalue weighted by Crippen LogP contribution is -2.44. The van der Waals surface area contributed by atoms with E-state index in [9.17, 15) is 9.59 Å². The smallest absolute Gasteiger partial charge is 0.223 e. The maximum absolute atomic E-state index is 12.7. The van der Waals surface area contributed by atoms with E-state index < -0.39 is 5.60 Å². The van der Waals surface area contributed by atoms with Crippen LogP contribution in [-0.4, -0.2) is 28.8 Å². The van der Waals surface area contributed by atoms with Gasteiger partial charge in [-0.2, -0.15) is 0 Å². The highest BCUT2D eigenvalue weighted by atomic mass is 16.5. The zero-order chi connectivity index (χ0) is 18.4. The van der Waals surface area contributed by atoms with E-state index in [1.54, 1.807) is 12.4 Å². The van der Waals surface area contributed by atoms with Crippen LogP contribution in [0.3, 0.4) is 0 Å². The minimum atomic E-state index is -0.483. The van der Waals surface area contributed by atoms with Crippen molar-refractivity contribution in [2.75, 3.05) is 6.54 Å². The lowest BCUT2D eigenvalue weighted by Gasteiger charge is -2.37. The first-order valence-electron chi connectivity index (χ1n) is 9.66. The molecule has 0 saturated heterocycles. The second-order valence-corrected chi connectivity index (χ2v) is 7.91. The van der Waals surface area contributed by atoms with Crippen LogP contribution < -0.4 is 10.1 Å². The summed E-state index contributed by atoms with van der Waals surface area (Å²) >= 11 is 0. The summed E-state index contributed by atoms with van der Waals surface area (Å²) in [6.45, 7) is 0.619. The Labute approximate surface area is 158 Å². The molecule has 5 nitrogen and oxygen atoms in total. The van der Waals surface area contributed by atoms with Gasteiger partial charge in [0.05, 0.1) is 12.0 Å². The summed E-state index contributed by atoms with van der Waals surface area (Å²) in [7, 11) is 0. The van der Waals surface area contributed by atoms with Crippen molar-refractivity contribution in [1.29, 1.82) is 0 Å². The molecule has 0 radical (unpaired) electrons. The third-order valence-electron chi connectivity index (χ3n) is 6.40. The van der Waals surface area contributed by atoms with Crippen LogP contribution in [0.5, 0.6) is 5.75 Å². The summed E-state index contributed by atoms with van der Waals surface area (Å²) in [5.41, 5.74) is 1.35. The number of hydrogen-bond donors (Lipinski definition) is 1. The minimum Gasteiger partial charge on any atom is -0.486 e. The van der Waals surface area contributed by atoms with Gasteiger partial charge >= 0.3 is 0 Å². The largest absolute Gasteiger partial charge is 0.486 e. The predicted molar refractivity (Wildman–Crippen MR) is 99.4 cm³/mol. The maximum atomic E-state index is 12.7. The zero-order valence-corrected chi connectivity index (χ0v) is 15.1. The number of rotatable bonds is 4. The van der Waals surface area contributed by atoms with E-state index in [1.165, 1.54) is 0 Å². The zero-order valence-electron chi connectivity index (χ0n) is 15.1. The van der Waals surface area contributed by atoms with Gasteiger partial charge in [0.15, 0.2) is 5.78 Å². The second kappa shape index (κ2) is 6.19. The number of pyridine rings is 1. The first kappa shape index (κ1) is 16.5. The number of ether oxygens (including phenoxy) is 1. The van der Waals surface area contributed by atoms with Crippen molar-refractivity contribution >= 4 is 11.7 Å². The van der Waals surface area contributed by atoms with Crippen molar-refractivity contribution in [1.82, 2.24) is 10.3 Å². The van der Waals surface area contributed by atoms with E-state index >= 15 is 0 Å². The Morgan fingerprint density at radius 2 is 2.04 bits per heavy atom. The fraction of sp³-hybridized carbons (Fsp3) is 0.409. The summed E-state index contributed by atoms with van der Waals surface area (Å²) in [6.07, 6.45) is 6.55. The third kappa shape index (κ3) is 2.73. The average Bonchev–Trinajstić information content (AvgIpc) is 3.34. The van der Waals surface area contributed by atoms with Crippen molar-refractivity contribution in [3.63, 3.8) is 0 Å². The molecule has 0 unspecified atom stereocenters. The molecule has 1 spiro atoms. The van der Waals surface area contributed by atoms with Crippen LogP contribution in [0, 0.1) is 17.8 Å². The van der Waals surface area contributed by atoms with Crippen LogP contribution in [0.25, 0.3) is 0 Å². The molecule has 1 aliphatic heterocycles. The highest BCUT2D eigenvalue weighted by Gasteiger charge is 2.70. The van der Waals surface area contributed by atoms with E-state index in [0.717, 1.165) is 24.8 Å². The third-order valence-corrected chi connectivity index (χ3v) is 6.40. The number of benzene rings is 1. The van der Waals surface area contributed by atoms with Gasteiger partial charge in [0.1, 0.15) is 11.4 Å². The van der Waals surface area contributed by atoms with Crippen molar-refractivity contribution in [2.45, 2.75) is 31.3 Å². The topological polar surface area (TPSA) is 68.3 Å². The van der Waals surface area contributed by atoms with Crippen LogP contribution in [0.4, 0.5) is 0 Å². The van der Waals surface area contributed by atoms with Crippen molar-refractivity contribution in [3.8, 4) is 5.75 Å². The first-order valence-corrected chi connectivity index (χ1v) is 9.66. The van der Waals surface area contributed by atoms with E-state index in [0.29, 0.717) is 30.2 Å². The van der Waals surface area contributed by atoms with Gasteiger partial charge in [-0.3, -0.25) is 14.6 Å². The van der Waals surface area contributed by atoms with Gasteiger partial charge in [-0.1, -0.05) is 12.1 Å². The monoisotopic (exact) mass is 362 g/mol. The summed E-state index contributed by atoms with van der Waals surface area (Å²) in [5.74, 6) is 1.42. The average molecular weight is 362 g/mol. The fourth-order valence-corrected chi connectivity index (χ4v) is 5.12. The van der Waals surface area contributed by atoms with Gasteiger partial charge in [-0.15, -0.1) is 0 Å². The Morgan fingerprint density at radius 3 is 2.89 bits per heavy atom. The predicted octanol–water partition coefficient (Wildman–Crippen LogP) is 2.80. The number of carbonyl (C=O) groups excluding carboxylic acids is 2. The number of para-hydroxylation sites is 1. The molecule has 4 atom stereocenters. The van der Waals surface area contributed by atoms with Crippen LogP contribution in [0.1, 0.15) is 35.2 Å². The van der Waals surface area contributed by atoms with E-state index in [-0.39, 0.29) is 23.5 Å². The first-order chi connectivity index (χ1) is 13.2. The molecule has 5 heteroatoms. The Bertz CT molecular complexity index is 897. The van der Waals surface area contributed by atoms with Crippen molar-refractivity contribution in [2.24, 2.45) is 17.8 Å². The Kier molecular flexibility index (Phi) is 3.78. The lowest BCUT2D eigenvalue weighted by atomic mass is 9.84. The van der Waals surface area contributed by atoms with Crippen molar-refractivity contribution < 1.29 is 14.3 Å². The number of fused-ring (bicyclic) bond motifs is 3. The Balaban J connectivity index is 1.25. The van der Waals surface area contributed by atoms with Crippen LogP contribution in [-0.2, 0) is 11.2 Å². The molecule has 1 amide bonds. The fourth-order valence-electron chi connectivity index (χ4n) is 5.12. The van der Waals surface area contributed by atoms with E-state index in [1.807, 2.05) is 36.4 Å². The molecule has 2 aromatic rings.